The van der Waals surface area contributed by atoms with Crippen molar-refractivity contribution in [3.05, 3.63) is 40.6 Å². The molecule has 8 heteroatoms. The van der Waals surface area contributed by atoms with E-state index in [1.165, 1.54) is 5.56 Å². The van der Waals surface area contributed by atoms with Gasteiger partial charge in [-0.3, -0.25) is 4.90 Å². The number of methoxy groups -OCH3 is 1. The number of aryl methyl sites for hydroxylation is 1. The van der Waals surface area contributed by atoms with Gasteiger partial charge in [-0.25, -0.2) is 4.98 Å². The lowest BCUT2D eigenvalue weighted by atomic mass is 10.0. The molecule has 1 aliphatic rings. The molecule has 8 nitrogen and oxygen atoms in total. The molecule has 32 heavy (non-hydrogen) atoms. The van der Waals surface area contributed by atoms with E-state index in [9.17, 15) is 5.11 Å². The van der Waals surface area contributed by atoms with E-state index < -0.39 is 0 Å². The minimum absolute atomic E-state index is 0.134. The Morgan fingerprint density at radius 3 is 2.72 bits per heavy atom. The fourth-order valence-electron chi connectivity index (χ4n) is 4.29. The molecule has 1 fully saturated rings. The maximum Gasteiger partial charge on any atom is 0.222 e. The van der Waals surface area contributed by atoms with Crippen molar-refractivity contribution in [2.45, 2.75) is 52.1 Å². The van der Waals surface area contributed by atoms with Crippen LogP contribution >= 0.6 is 0 Å². The van der Waals surface area contributed by atoms with Crippen LogP contribution in [0.3, 0.4) is 0 Å². The van der Waals surface area contributed by atoms with Crippen LogP contribution in [0.4, 0.5) is 11.8 Å². The van der Waals surface area contributed by atoms with Gasteiger partial charge in [0.15, 0.2) is 0 Å². The normalized spacial score (nSPS) is 15.5. The van der Waals surface area contributed by atoms with Crippen LogP contribution in [0, 0.1) is 6.92 Å². The summed E-state index contributed by atoms with van der Waals surface area (Å²) in [6.45, 7) is 9.36. The maximum atomic E-state index is 9.45. The van der Waals surface area contributed by atoms with Gasteiger partial charge in [-0.2, -0.15) is 4.98 Å². The van der Waals surface area contributed by atoms with E-state index in [2.05, 4.69) is 50.6 Å². The monoisotopic (exact) mass is 442 g/mol. The van der Waals surface area contributed by atoms with Gasteiger partial charge in [-0.15, -0.1) is 0 Å². The number of hydrogen-bond donors (Lipinski definition) is 4. The number of benzene rings is 1. The molecule has 0 radical (unpaired) electrons. The molecule has 1 atom stereocenters. The number of ether oxygens (including phenoxy) is 1. The molecule has 1 saturated heterocycles. The molecule has 0 spiro atoms. The summed E-state index contributed by atoms with van der Waals surface area (Å²) in [7, 11) is 1.72. The first kappa shape index (κ1) is 24.2. The summed E-state index contributed by atoms with van der Waals surface area (Å²) in [5.74, 6) is 1.88. The van der Waals surface area contributed by atoms with Gasteiger partial charge >= 0.3 is 0 Å². The summed E-state index contributed by atoms with van der Waals surface area (Å²) < 4.78 is 5.76. The fraction of sp³-hybridized carbons (Fsp3) is 0.583. The molecule has 2 heterocycles. The van der Waals surface area contributed by atoms with Crippen molar-refractivity contribution in [2.24, 2.45) is 0 Å². The number of nitrogens with two attached hydrogens (primary N) is 1. The zero-order chi connectivity index (χ0) is 22.9. The SMILES string of the molecule is CCC[C@@H](CCO)Nc1nc(N)nc(C)c1Cc1ccc(CN2CCNCC2)cc1OC. The Labute approximate surface area is 191 Å². The van der Waals surface area contributed by atoms with E-state index in [-0.39, 0.29) is 18.6 Å². The second-order valence-electron chi connectivity index (χ2n) is 8.49. The van der Waals surface area contributed by atoms with Crippen molar-refractivity contribution in [3.63, 3.8) is 0 Å². The molecule has 0 bridgehead atoms. The molecular weight excluding hydrogens is 404 g/mol. The topological polar surface area (TPSA) is 109 Å². The van der Waals surface area contributed by atoms with Crippen molar-refractivity contribution in [1.29, 1.82) is 0 Å². The first-order valence-electron chi connectivity index (χ1n) is 11.6. The summed E-state index contributed by atoms with van der Waals surface area (Å²) in [6, 6.07) is 6.61. The standard InChI is InChI=1S/C24H38N6O2/c1-4-5-20(8-13-31)28-23-21(17(2)27-24(25)29-23)15-19-7-6-18(14-22(19)32-3)16-30-11-9-26-10-12-30/h6-7,14,20,26,31H,4-5,8-13,15-16H2,1-3H3,(H3,25,27,28,29)/t20-/m0/s1. The Bertz CT molecular complexity index is 864. The van der Waals surface area contributed by atoms with Gasteiger partial charge in [0.2, 0.25) is 5.95 Å². The molecule has 0 aliphatic carbocycles. The summed E-state index contributed by atoms with van der Waals surface area (Å²) in [5.41, 5.74) is 10.2. The van der Waals surface area contributed by atoms with E-state index in [1.807, 2.05) is 6.92 Å². The quantitative estimate of drug-likeness (QED) is 0.420. The smallest absolute Gasteiger partial charge is 0.222 e. The predicted molar refractivity (Wildman–Crippen MR) is 129 cm³/mol. The summed E-state index contributed by atoms with van der Waals surface area (Å²) >= 11 is 0. The van der Waals surface area contributed by atoms with Crippen LogP contribution in [0.1, 0.15) is 48.6 Å². The van der Waals surface area contributed by atoms with Gasteiger partial charge < -0.3 is 26.2 Å². The van der Waals surface area contributed by atoms with Crippen molar-refractivity contribution in [2.75, 3.05) is 50.9 Å². The second-order valence-corrected chi connectivity index (χ2v) is 8.49. The molecule has 1 aromatic carbocycles. The van der Waals surface area contributed by atoms with Crippen LogP contribution in [0.25, 0.3) is 0 Å². The third kappa shape index (κ3) is 6.54. The molecule has 1 aromatic heterocycles. The summed E-state index contributed by atoms with van der Waals surface area (Å²) in [4.78, 5) is 11.4. The lowest BCUT2D eigenvalue weighted by Gasteiger charge is -2.27. The van der Waals surface area contributed by atoms with E-state index in [4.69, 9.17) is 10.5 Å². The average Bonchev–Trinajstić information content (AvgIpc) is 2.78. The number of anilines is 2. The zero-order valence-electron chi connectivity index (χ0n) is 19.7. The number of aliphatic hydroxyl groups is 1. The first-order chi connectivity index (χ1) is 15.5. The van der Waals surface area contributed by atoms with Gasteiger partial charge in [0, 0.05) is 63.1 Å². The number of nitrogens with one attached hydrogen (secondary N) is 2. The largest absolute Gasteiger partial charge is 0.496 e. The molecular formula is C24H38N6O2. The number of nitrogen functional groups attached to an aromatic ring is 1. The van der Waals surface area contributed by atoms with Crippen LogP contribution in [0.2, 0.25) is 0 Å². The Morgan fingerprint density at radius 1 is 1.25 bits per heavy atom. The van der Waals surface area contributed by atoms with Crippen LogP contribution in [0.5, 0.6) is 5.75 Å². The van der Waals surface area contributed by atoms with Gasteiger partial charge in [0.25, 0.3) is 0 Å². The molecule has 3 rings (SSSR count). The molecule has 5 N–H and O–H groups in total. The number of nitrogens with zero attached hydrogens (tertiary/aromatic N) is 3. The maximum absolute atomic E-state index is 9.45. The summed E-state index contributed by atoms with van der Waals surface area (Å²) in [5, 5.41) is 16.4. The van der Waals surface area contributed by atoms with Gasteiger partial charge in [-0.1, -0.05) is 25.5 Å². The lowest BCUT2D eigenvalue weighted by Crippen LogP contribution is -2.42. The van der Waals surface area contributed by atoms with E-state index in [0.717, 1.165) is 74.0 Å². The third-order valence-electron chi connectivity index (χ3n) is 6.02. The highest BCUT2D eigenvalue weighted by molar-refractivity contribution is 5.53. The lowest BCUT2D eigenvalue weighted by molar-refractivity contribution is 0.233. The Hall–Kier alpha value is -2.42. The van der Waals surface area contributed by atoms with Crippen molar-refractivity contribution in [3.8, 4) is 5.75 Å². The van der Waals surface area contributed by atoms with Crippen molar-refractivity contribution >= 4 is 11.8 Å². The highest BCUT2D eigenvalue weighted by atomic mass is 16.5. The minimum Gasteiger partial charge on any atom is -0.496 e. The number of piperazine rings is 1. The Kier molecular flexibility index (Phi) is 9.08. The van der Waals surface area contributed by atoms with E-state index in [1.54, 1.807) is 7.11 Å². The number of aromatic nitrogens is 2. The van der Waals surface area contributed by atoms with E-state index >= 15 is 0 Å². The Morgan fingerprint density at radius 2 is 2.03 bits per heavy atom. The average molecular weight is 443 g/mol. The molecule has 176 valence electrons. The number of rotatable bonds is 11. The van der Waals surface area contributed by atoms with E-state index in [0.29, 0.717) is 12.8 Å². The molecule has 0 amide bonds. The highest BCUT2D eigenvalue weighted by Crippen LogP contribution is 2.28. The molecule has 0 saturated carbocycles. The second kappa shape index (κ2) is 12.0. The van der Waals surface area contributed by atoms with Crippen LogP contribution < -0.4 is 21.1 Å². The third-order valence-corrected chi connectivity index (χ3v) is 6.02. The molecule has 1 aliphatic heterocycles. The van der Waals surface area contributed by atoms with Gasteiger partial charge in [0.1, 0.15) is 11.6 Å². The van der Waals surface area contributed by atoms with Crippen LogP contribution in [-0.2, 0) is 13.0 Å². The van der Waals surface area contributed by atoms with Crippen molar-refractivity contribution < 1.29 is 9.84 Å². The van der Waals surface area contributed by atoms with Crippen LogP contribution in [0.15, 0.2) is 18.2 Å². The van der Waals surface area contributed by atoms with Gasteiger partial charge in [0.05, 0.1) is 7.11 Å². The summed E-state index contributed by atoms with van der Waals surface area (Å²) in [6.07, 6.45) is 3.28. The van der Waals surface area contributed by atoms with Crippen molar-refractivity contribution in [1.82, 2.24) is 20.2 Å². The molecule has 0 unspecified atom stereocenters. The highest BCUT2D eigenvalue weighted by Gasteiger charge is 2.18. The molecule has 2 aromatic rings. The minimum atomic E-state index is 0.134. The number of hydrogen-bond acceptors (Lipinski definition) is 8. The fourth-order valence-corrected chi connectivity index (χ4v) is 4.29. The number of aliphatic hydroxyl groups excluding tert-OH is 1. The predicted octanol–water partition coefficient (Wildman–Crippen LogP) is 2.33. The Balaban J connectivity index is 1.83. The van der Waals surface area contributed by atoms with Crippen LogP contribution in [-0.4, -0.2) is 65.9 Å². The van der Waals surface area contributed by atoms with Gasteiger partial charge in [-0.05, 0) is 37.0 Å². The first-order valence-corrected chi connectivity index (χ1v) is 11.6. The zero-order valence-corrected chi connectivity index (χ0v) is 19.7.